The van der Waals surface area contributed by atoms with Gasteiger partial charge in [0.2, 0.25) is 0 Å². The first kappa shape index (κ1) is 13.6. The number of hydrogen-bond donors (Lipinski definition) is 1. The van der Waals surface area contributed by atoms with Crippen LogP contribution in [0.3, 0.4) is 0 Å². The summed E-state index contributed by atoms with van der Waals surface area (Å²) in [5, 5.41) is 4.09. The van der Waals surface area contributed by atoms with Crippen LogP contribution in [0.25, 0.3) is 0 Å². The smallest absolute Gasteiger partial charge is 0.0103 e. The molecule has 4 rings (SSSR count). The van der Waals surface area contributed by atoms with Gasteiger partial charge in [0.1, 0.15) is 0 Å². The van der Waals surface area contributed by atoms with E-state index in [1.807, 2.05) is 0 Å². The van der Waals surface area contributed by atoms with Crippen LogP contribution in [0.2, 0.25) is 0 Å². The number of fused-ring (bicyclic) bond motifs is 5. The van der Waals surface area contributed by atoms with Gasteiger partial charge in [0.25, 0.3) is 0 Å². The van der Waals surface area contributed by atoms with E-state index in [4.69, 9.17) is 0 Å². The molecule has 1 aliphatic heterocycles. The highest BCUT2D eigenvalue weighted by Gasteiger charge is 2.53. The van der Waals surface area contributed by atoms with Gasteiger partial charge in [-0.05, 0) is 95.2 Å². The van der Waals surface area contributed by atoms with Gasteiger partial charge in [0.15, 0.2) is 0 Å². The van der Waals surface area contributed by atoms with Crippen molar-refractivity contribution in [3.8, 4) is 0 Å². The molecule has 3 aliphatic carbocycles. The highest BCUT2D eigenvalue weighted by atomic mass is 15.1. The zero-order valence-corrected chi connectivity index (χ0v) is 13.4. The second-order valence-electron chi connectivity index (χ2n) is 8.36. The summed E-state index contributed by atoms with van der Waals surface area (Å²) >= 11 is 0. The molecule has 0 spiro atoms. The summed E-state index contributed by atoms with van der Waals surface area (Å²) in [6.45, 7) is 5.07. The second-order valence-corrected chi connectivity index (χ2v) is 8.36. The molecule has 0 amide bonds. The fourth-order valence-electron chi connectivity index (χ4n) is 6.26. The average molecular weight is 276 g/mol. The van der Waals surface area contributed by atoms with Gasteiger partial charge in [0, 0.05) is 12.1 Å². The highest BCUT2D eigenvalue weighted by molar-refractivity contribution is 5.06. The fourth-order valence-corrected chi connectivity index (χ4v) is 6.26. The van der Waals surface area contributed by atoms with E-state index in [2.05, 4.69) is 24.2 Å². The molecular weight excluding hydrogens is 244 g/mol. The second kappa shape index (κ2) is 5.28. The van der Waals surface area contributed by atoms with E-state index >= 15 is 0 Å². The Morgan fingerprint density at radius 2 is 1.70 bits per heavy atom. The lowest BCUT2D eigenvalue weighted by molar-refractivity contribution is 0.154. The Hall–Kier alpha value is -0.0800. The summed E-state index contributed by atoms with van der Waals surface area (Å²) in [6, 6.07) is 1.61. The van der Waals surface area contributed by atoms with Gasteiger partial charge in [-0.15, -0.1) is 0 Å². The number of nitrogens with zero attached hydrogens (tertiary/aromatic N) is 1. The van der Waals surface area contributed by atoms with Gasteiger partial charge in [-0.3, -0.25) is 0 Å². The molecule has 20 heavy (non-hydrogen) atoms. The molecular formula is C18H32N2. The first-order valence-electron chi connectivity index (χ1n) is 9.17. The minimum absolute atomic E-state index is 0.743. The van der Waals surface area contributed by atoms with Gasteiger partial charge in [0.05, 0.1) is 0 Å². The van der Waals surface area contributed by atoms with E-state index in [9.17, 15) is 0 Å². The molecule has 114 valence electrons. The maximum absolute atomic E-state index is 4.09. The molecule has 0 aromatic rings. The number of hydrogen-bond acceptors (Lipinski definition) is 2. The Bertz CT molecular complexity index is 347. The predicted octanol–water partition coefficient (Wildman–Crippen LogP) is 3.13. The SMILES string of the molecule is CC(NC1CC2CC1C1CCCC21)C1CCN(C)CC1. The summed E-state index contributed by atoms with van der Waals surface area (Å²) < 4.78 is 0. The number of likely N-dealkylation sites (tertiary alicyclic amines) is 1. The van der Waals surface area contributed by atoms with Crippen LogP contribution in [0.1, 0.15) is 51.9 Å². The van der Waals surface area contributed by atoms with Crippen molar-refractivity contribution in [3.05, 3.63) is 0 Å². The van der Waals surface area contributed by atoms with Crippen LogP contribution < -0.4 is 5.32 Å². The van der Waals surface area contributed by atoms with Crippen molar-refractivity contribution in [1.82, 2.24) is 10.2 Å². The Balaban J connectivity index is 1.34. The molecule has 2 bridgehead atoms. The number of rotatable bonds is 3. The topological polar surface area (TPSA) is 15.3 Å². The summed E-state index contributed by atoms with van der Waals surface area (Å²) in [4.78, 5) is 2.49. The maximum Gasteiger partial charge on any atom is 0.0103 e. The Kier molecular flexibility index (Phi) is 3.58. The van der Waals surface area contributed by atoms with Crippen LogP contribution in [-0.2, 0) is 0 Å². The molecule has 3 saturated carbocycles. The standard InChI is InChI=1S/C18H32N2/c1-12(13-6-8-20(2)9-7-13)19-18-11-14-10-17(18)16-5-3-4-15(14)16/h12-19H,3-11H2,1-2H3. The lowest BCUT2D eigenvalue weighted by atomic mass is 9.78. The van der Waals surface area contributed by atoms with Gasteiger partial charge < -0.3 is 10.2 Å². The molecule has 0 aromatic carbocycles. The highest BCUT2D eigenvalue weighted by Crippen LogP contribution is 2.58. The van der Waals surface area contributed by atoms with E-state index in [1.54, 1.807) is 19.3 Å². The zero-order chi connectivity index (χ0) is 13.7. The minimum Gasteiger partial charge on any atom is -0.311 e. The number of nitrogens with one attached hydrogen (secondary N) is 1. The van der Waals surface area contributed by atoms with Crippen molar-refractivity contribution in [1.29, 1.82) is 0 Å². The third kappa shape index (κ3) is 2.23. The van der Waals surface area contributed by atoms with Crippen LogP contribution in [0.4, 0.5) is 0 Å². The molecule has 0 aromatic heterocycles. The molecule has 4 fully saturated rings. The van der Waals surface area contributed by atoms with E-state index in [0.717, 1.165) is 41.7 Å². The molecule has 1 N–H and O–H groups in total. The van der Waals surface area contributed by atoms with Gasteiger partial charge in [-0.1, -0.05) is 6.42 Å². The lowest BCUT2D eigenvalue weighted by Crippen LogP contribution is -2.48. The first-order chi connectivity index (χ1) is 9.72. The van der Waals surface area contributed by atoms with Gasteiger partial charge in [-0.25, -0.2) is 0 Å². The Labute approximate surface area is 124 Å². The van der Waals surface area contributed by atoms with Gasteiger partial charge >= 0.3 is 0 Å². The van der Waals surface area contributed by atoms with Crippen molar-refractivity contribution >= 4 is 0 Å². The van der Waals surface area contributed by atoms with Crippen LogP contribution in [0, 0.1) is 29.6 Å². The normalized spacial score (nSPS) is 46.8. The molecule has 6 unspecified atom stereocenters. The summed E-state index contributed by atoms with van der Waals surface area (Å²) in [6.07, 6.45) is 10.5. The Morgan fingerprint density at radius 3 is 2.50 bits per heavy atom. The minimum atomic E-state index is 0.743. The lowest BCUT2D eigenvalue weighted by Gasteiger charge is -2.38. The van der Waals surface area contributed by atoms with Crippen molar-refractivity contribution in [2.75, 3.05) is 20.1 Å². The largest absolute Gasteiger partial charge is 0.311 e. The zero-order valence-electron chi connectivity index (χ0n) is 13.4. The molecule has 2 nitrogen and oxygen atoms in total. The Morgan fingerprint density at radius 1 is 0.950 bits per heavy atom. The third-order valence-corrected chi connectivity index (χ3v) is 7.38. The van der Waals surface area contributed by atoms with Gasteiger partial charge in [-0.2, -0.15) is 0 Å². The molecule has 2 heteroatoms. The van der Waals surface area contributed by atoms with E-state index in [0.29, 0.717) is 0 Å². The molecule has 4 aliphatic rings. The quantitative estimate of drug-likeness (QED) is 0.852. The molecule has 6 atom stereocenters. The maximum atomic E-state index is 4.09. The monoisotopic (exact) mass is 276 g/mol. The molecule has 1 saturated heterocycles. The summed E-state index contributed by atoms with van der Waals surface area (Å²) in [5.74, 6) is 5.30. The van der Waals surface area contributed by atoms with E-state index in [1.165, 1.54) is 38.8 Å². The fraction of sp³-hybridized carbons (Fsp3) is 1.00. The van der Waals surface area contributed by atoms with Crippen molar-refractivity contribution < 1.29 is 0 Å². The molecule has 0 radical (unpaired) electrons. The first-order valence-corrected chi connectivity index (χ1v) is 9.17. The van der Waals surface area contributed by atoms with Crippen LogP contribution in [0.5, 0.6) is 0 Å². The van der Waals surface area contributed by atoms with Crippen molar-refractivity contribution in [3.63, 3.8) is 0 Å². The van der Waals surface area contributed by atoms with Crippen molar-refractivity contribution in [2.45, 2.75) is 64.0 Å². The molecule has 1 heterocycles. The van der Waals surface area contributed by atoms with E-state index < -0.39 is 0 Å². The predicted molar refractivity (Wildman–Crippen MR) is 83.7 cm³/mol. The average Bonchev–Trinajstić information content (AvgIpc) is 3.11. The van der Waals surface area contributed by atoms with Crippen LogP contribution in [-0.4, -0.2) is 37.1 Å². The summed E-state index contributed by atoms with van der Waals surface area (Å²) in [5.41, 5.74) is 0. The summed E-state index contributed by atoms with van der Waals surface area (Å²) in [7, 11) is 2.27. The van der Waals surface area contributed by atoms with E-state index in [-0.39, 0.29) is 0 Å². The van der Waals surface area contributed by atoms with Crippen LogP contribution >= 0.6 is 0 Å². The van der Waals surface area contributed by atoms with Crippen molar-refractivity contribution in [2.24, 2.45) is 29.6 Å². The third-order valence-electron chi connectivity index (χ3n) is 7.38. The van der Waals surface area contributed by atoms with Crippen LogP contribution in [0.15, 0.2) is 0 Å². The number of piperidine rings is 1.